The Labute approximate surface area is 120 Å². The summed E-state index contributed by atoms with van der Waals surface area (Å²) in [5.74, 6) is -0.912. The number of carboxylic acid groups (broad SMARTS) is 1. The first-order valence-corrected chi connectivity index (χ1v) is 6.11. The Morgan fingerprint density at radius 3 is 2.19 bits per heavy atom. The zero-order valence-electron chi connectivity index (χ0n) is 10.9. The van der Waals surface area contributed by atoms with Gasteiger partial charge in [0.1, 0.15) is 11.5 Å². The molecule has 0 saturated carbocycles. The van der Waals surface area contributed by atoms with Gasteiger partial charge in [-0.3, -0.25) is 0 Å². The summed E-state index contributed by atoms with van der Waals surface area (Å²) >= 11 is 0. The Hall–Kier alpha value is -3.02. The van der Waals surface area contributed by atoms with E-state index in [1.807, 2.05) is 0 Å². The maximum atomic E-state index is 11.7. The molecule has 1 atom stereocenters. The molecule has 108 valence electrons. The third kappa shape index (κ3) is 3.97. The number of rotatable bonds is 4. The second kappa shape index (κ2) is 6.42. The number of aromatic hydroxyl groups is 1. The van der Waals surface area contributed by atoms with E-state index in [0.29, 0.717) is 11.3 Å². The van der Waals surface area contributed by atoms with E-state index in [4.69, 9.17) is 4.74 Å². The van der Waals surface area contributed by atoms with Gasteiger partial charge in [-0.25, -0.2) is 9.59 Å². The molecule has 0 heterocycles. The van der Waals surface area contributed by atoms with Crippen LogP contribution in [0.3, 0.4) is 0 Å². The number of nitrogens with one attached hydrogen (secondary N) is 1. The molecule has 0 saturated heterocycles. The highest BCUT2D eigenvalue weighted by Crippen LogP contribution is 2.18. The summed E-state index contributed by atoms with van der Waals surface area (Å²) in [7, 11) is 0. The number of benzene rings is 2. The van der Waals surface area contributed by atoms with E-state index in [1.165, 1.54) is 24.3 Å². The third-order valence-electron chi connectivity index (χ3n) is 2.69. The van der Waals surface area contributed by atoms with E-state index in [1.54, 1.807) is 30.3 Å². The van der Waals surface area contributed by atoms with Crippen molar-refractivity contribution < 1.29 is 24.5 Å². The molecule has 6 nitrogen and oxygen atoms in total. The largest absolute Gasteiger partial charge is 0.508 e. The van der Waals surface area contributed by atoms with E-state index >= 15 is 0 Å². The predicted octanol–water partition coefficient (Wildman–Crippen LogP) is 2.31. The fourth-order valence-electron chi connectivity index (χ4n) is 1.70. The van der Waals surface area contributed by atoms with Crippen molar-refractivity contribution in [2.45, 2.75) is 6.04 Å². The van der Waals surface area contributed by atoms with Gasteiger partial charge in [0, 0.05) is 0 Å². The number of phenolic OH excluding ortho intramolecular Hbond substituents is 1. The van der Waals surface area contributed by atoms with Gasteiger partial charge in [-0.05, 0) is 29.8 Å². The van der Waals surface area contributed by atoms with Crippen LogP contribution in [0.25, 0.3) is 0 Å². The van der Waals surface area contributed by atoms with E-state index in [0.717, 1.165) is 0 Å². The van der Waals surface area contributed by atoms with Crippen LogP contribution in [-0.2, 0) is 4.79 Å². The number of ether oxygens (including phenoxy) is 1. The lowest BCUT2D eigenvalue weighted by Gasteiger charge is -2.14. The van der Waals surface area contributed by atoms with Crippen molar-refractivity contribution in [3.05, 3.63) is 60.2 Å². The van der Waals surface area contributed by atoms with Crippen LogP contribution >= 0.6 is 0 Å². The molecule has 2 aromatic carbocycles. The molecule has 3 N–H and O–H groups in total. The second-order valence-corrected chi connectivity index (χ2v) is 4.21. The average Bonchev–Trinajstić information content (AvgIpc) is 2.47. The van der Waals surface area contributed by atoms with Crippen LogP contribution in [0.15, 0.2) is 54.6 Å². The number of phenols is 1. The first-order valence-electron chi connectivity index (χ1n) is 6.11. The minimum absolute atomic E-state index is 0.00903. The Morgan fingerprint density at radius 1 is 1.00 bits per heavy atom. The van der Waals surface area contributed by atoms with Crippen LogP contribution in [-0.4, -0.2) is 22.3 Å². The first kappa shape index (κ1) is 14.4. The molecule has 2 rings (SSSR count). The van der Waals surface area contributed by atoms with Gasteiger partial charge in [0.25, 0.3) is 0 Å². The Morgan fingerprint density at radius 2 is 1.62 bits per heavy atom. The molecule has 1 unspecified atom stereocenters. The van der Waals surface area contributed by atoms with E-state index in [2.05, 4.69) is 5.32 Å². The Balaban J connectivity index is 2.08. The van der Waals surface area contributed by atoms with Crippen LogP contribution in [0, 0.1) is 0 Å². The van der Waals surface area contributed by atoms with E-state index < -0.39 is 18.1 Å². The van der Waals surface area contributed by atoms with Gasteiger partial charge in [0.15, 0.2) is 6.04 Å². The number of aliphatic carboxylic acids is 1. The Kier molecular flexibility index (Phi) is 4.40. The topological polar surface area (TPSA) is 95.9 Å². The van der Waals surface area contributed by atoms with Gasteiger partial charge in [0.05, 0.1) is 0 Å². The zero-order valence-corrected chi connectivity index (χ0v) is 10.9. The summed E-state index contributed by atoms with van der Waals surface area (Å²) in [4.78, 5) is 23.0. The molecular formula is C15H13NO5. The average molecular weight is 287 g/mol. The molecule has 0 aliphatic carbocycles. The number of amides is 1. The summed E-state index contributed by atoms with van der Waals surface area (Å²) in [6.45, 7) is 0. The van der Waals surface area contributed by atoms with Gasteiger partial charge in [0.2, 0.25) is 0 Å². The second-order valence-electron chi connectivity index (χ2n) is 4.21. The molecule has 0 bridgehead atoms. The summed E-state index contributed by atoms with van der Waals surface area (Å²) in [5.41, 5.74) is 0.324. The fraction of sp³-hybridized carbons (Fsp3) is 0.0667. The number of hydrogen-bond donors (Lipinski definition) is 3. The van der Waals surface area contributed by atoms with Gasteiger partial charge in [-0.2, -0.15) is 0 Å². The molecule has 1 amide bonds. The van der Waals surface area contributed by atoms with Crippen LogP contribution in [0.2, 0.25) is 0 Å². The summed E-state index contributed by atoms with van der Waals surface area (Å²) < 4.78 is 4.98. The van der Waals surface area contributed by atoms with Crippen LogP contribution in [0.1, 0.15) is 11.6 Å². The van der Waals surface area contributed by atoms with Crippen LogP contribution in [0.5, 0.6) is 11.5 Å². The van der Waals surface area contributed by atoms with E-state index in [9.17, 15) is 19.8 Å². The molecule has 0 aromatic heterocycles. The van der Waals surface area contributed by atoms with Gasteiger partial charge >= 0.3 is 12.1 Å². The monoisotopic (exact) mass is 287 g/mol. The lowest BCUT2D eigenvalue weighted by atomic mass is 10.1. The zero-order chi connectivity index (χ0) is 15.2. The molecule has 0 spiro atoms. The smallest absolute Gasteiger partial charge is 0.413 e. The number of carboxylic acids is 1. The molecule has 0 aliphatic heterocycles. The highest BCUT2D eigenvalue weighted by molar-refractivity contribution is 5.82. The standard InChI is InChI=1S/C15H13NO5/c17-11-8-6-10(7-9-11)13(14(18)19)16-15(20)21-12-4-2-1-3-5-12/h1-9,13,17H,(H,16,20)(H,18,19). The number of carbonyl (C=O) groups excluding carboxylic acids is 1. The highest BCUT2D eigenvalue weighted by atomic mass is 16.6. The minimum Gasteiger partial charge on any atom is -0.508 e. The number of hydrogen-bond acceptors (Lipinski definition) is 4. The predicted molar refractivity (Wildman–Crippen MR) is 74.1 cm³/mol. The van der Waals surface area contributed by atoms with Crippen molar-refractivity contribution in [3.63, 3.8) is 0 Å². The van der Waals surface area contributed by atoms with Crippen molar-refractivity contribution in [2.24, 2.45) is 0 Å². The molecule has 0 radical (unpaired) electrons. The minimum atomic E-state index is -1.26. The van der Waals surface area contributed by atoms with Crippen molar-refractivity contribution in [1.29, 1.82) is 0 Å². The molecule has 6 heteroatoms. The fourth-order valence-corrected chi connectivity index (χ4v) is 1.70. The van der Waals surface area contributed by atoms with Crippen molar-refractivity contribution in [3.8, 4) is 11.5 Å². The SMILES string of the molecule is O=C(NC(C(=O)O)c1ccc(O)cc1)Oc1ccccc1. The third-order valence-corrected chi connectivity index (χ3v) is 2.69. The maximum absolute atomic E-state index is 11.7. The molecule has 0 fully saturated rings. The van der Waals surface area contributed by atoms with Crippen molar-refractivity contribution >= 4 is 12.1 Å². The summed E-state index contributed by atoms with van der Waals surface area (Å²) in [6.07, 6.45) is -0.873. The first-order chi connectivity index (χ1) is 10.1. The number of para-hydroxylation sites is 1. The normalized spacial score (nSPS) is 11.4. The summed E-state index contributed by atoms with van der Waals surface area (Å²) in [6, 6.07) is 12.6. The molecule has 0 aliphatic rings. The van der Waals surface area contributed by atoms with Crippen LogP contribution in [0.4, 0.5) is 4.79 Å². The van der Waals surface area contributed by atoms with Gasteiger partial charge in [-0.15, -0.1) is 0 Å². The molecule has 2 aromatic rings. The summed E-state index contributed by atoms with van der Waals surface area (Å²) in [5, 5.41) is 20.6. The van der Waals surface area contributed by atoms with Crippen molar-refractivity contribution in [1.82, 2.24) is 5.32 Å². The van der Waals surface area contributed by atoms with Gasteiger partial charge in [-0.1, -0.05) is 30.3 Å². The quantitative estimate of drug-likeness (QED) is 0.802. The van der Waals surface area contributed by atoms with Gasteiger partial charge < -0.3 is 20.3 Å². The van der Waals surface area contributed by atoms with E-state index in [-0.39, 0.29) is 5.75 Å². The molecular weight excluding hydrogens is 274 g/mol. The van der Waals surface area contributed by atoms with Crippen LogP contribution < -0.4 is 10.1 Å². The highest BCUT2D eigenvalue weighted by Gasteiger charge is 2.23. The molecule has 21 heavy (non-hydrogen) atoms. The maximum Gasteiger partial charge on any atom is 0.413 e. The number of carbonyl (C=O) groups is 2. The van der Waals surface area contributed by atoms with Crippen molar-refractivity contribution in [2.75, 3.05) is 0 Å². The lowest BCUT2D eigenvalue weighted by molar-refractivity contribution is -0.139. The Bertz CT molecular complexity index is 624. The lowest BCUT2D eigenvalue weighted by Crippen LogP contribution is -2.35.